The first-order valence-electron chi connectivity index (χ1n) is 7.58. The van der Waals surface area contributed by atoms with Gasteiger partial charge < -0.3 is 18.9 Å². The summed E-state index contributed by atoms with van der Waals surface area (Å²) in [5.41, 5.74) is -0.121. The fraction of sp³-hybridized carbons (Fsp3) is 0.588. The summed E-state index contributed by atoms with van der Waals surface area (Å²) in [7, 11) is 0. The van der Waals surface area contributed by atoms with Crippen molar-refractivity contribution in [2.75, 3.05) is 13.2 Å². The van der Waals surface area contributed by atoms with Crippen LogP contribution < -0.4 is 0 Å². The van der Waals surface area contributed by atoms with Crippen LogP contribution in [-0.2, 0) is 30.3 Å². The highest BCUT2D eigenvalue weighted by molar-refractivity contribution is 5.81. The summed E-state index contributed by atoms with van der Waals surface area (Å²) in [4.78, 5) is 12.3. The molecule has 1 aromatic rings. The van der Waals surface area contributed by atoms with E-state index in [-0.39, 0.29) is 18.0 Å². The van der Waals surface area contributed by atoms with E-state index in [0.717, 1.165) is 5.56 Å². The van der Waals surface area contributed by atoms with Gasteiger partial charge in [0, 0.05) is 5.92 Å². The largest absolute Gasteiger partial charge is 0.463 e. The van der Waals surface area contributed by atoms with Gasteiger partial charge in [-0.1, -0.05) is 30.3 Å². The minimum absolute atomic E-state index is 0.00787. The third-order valence-electron chi connectivity index (χ3n) is 4.24. The van der Waals surface area contributed by atoms with Crippen molar-refractivity contribution in [3.05, 3.63) is 35.9 Å². The highest BCUT2D eigenvalue weighted by Gasteiger charge is 2.56. The van der Waals surface area contributed by atoms with Crippen LogP contribution in [0.3, 0.4) is 0 Å². The molecule has 3 atom stereocenters. The predicted octanol–water partition coefficient (Wildman–Crippen LogP) is 2.29. The Kier molecular flexibility index (Phi) is 3.97. The maximum atomic E-state index is 12.3. The predicted molar refractivity (Wildman–Crippen MR) is 79.0 cm³/mol. The molecule has 0 unspecified atom stereocenters. The summed E-state index contributed by atoms with van der Waals surface area (Å²) in [6.07, 6.45) is -0.374. The van der Waals surface area contributed by atoms with Crippen LogP contribution in [0.2, 0.25) is 0 Å². The van der Waals surface area contributed by atoms with E-state index in [0.29, 0.717) is 19.8 Å². The lowest BCUT2D eigenvalue weighted by atomic mass is 9.85. The Morgan fingerprint density at radius 2 is 1.91 bits per heavy atom. The lowest BCUT2D eigenvalue weighted by Gasteiger charge is -2.49. The van der Waals surface area contributed by atoms with Gasteiger partial charge >= 0.3 is 5.97 Å². The molecule has 3 rings (SSSR count). The summed E-state index contributed by atoms with van der Waals surface area (Å²) in [5, 5.41) is 0. The number of rotatable bonds is 3. The van der Waals surface area contributed by atoms with E-state index in [1.165, 1.54) is 0 Å². The van der Waals surface area contributed by atoms with Crippen LogP contribution in [0.4, 0.5) is 0 Å². The highest BCUT2D eigenvalue weighted by atomic mass is 16.7. The van der Waals surface area contributed by atoms with E-state index in [4.69, 9.17) is 18.9 Å². The number of benzene rings is 1. The summed E-state index contributed by atoms with van der Waals surface area (Å²) in [6.45, 7) is 6.58. The van der Waals surface area contributed by atoms with Gasteiger partial charge in [-0.15, -0.1) is 0 Å². The average molecular weight is 306 g/mol. The standard InChI is InChI=1S/C17H22O5/c1-16(2)20-11-13-10-19-15(18)17(3,14(13)22-16)21-9-12-7-5-4-6-8-12/h4-8,13-14H,9-11H2,1-3H3/t13-,14+,17+/m1/s1. The summed E-state index contributed by atoms with van der Waals surface area (Å²) in [5.74, 6) is -1.11. The second kappa shape index (κ2) is 5.65. The van der Waals surface area contributed by atoms with E-state index in [9.17, 15) is 4.79 Å². The molecule has 2 heterocycles. The van der Waals surface area contributed by atoms with Gasteiger partial charge in [0.1, 0.15) is 6.10 Å². The number of carbonyl (C=O) groups excluding carboxylic acids is 1. The van der Waals surface area contributed by atoms with Gasteiger partial charge in [0.15, 0.2) is 11.4 Å². The van der Waals surface area contributed by atoms with Crippen molar-refractivity contribution < 1.29 is 23.7 Å². The second-order valence-corrected chi connectivity index (χ2v) is 6.49. The third kappa shape index (κ3) is 2.89. The van der Waals surface area contributed by atoms with Crippen molar-refractivity contribution >= 4 is 5.97 Å². The van der Waals surface area contributed by atoms with Crippen molar-refractivity contribution in [2.24, 2.45) is 5.92 Å². The lowest BCUT2D eigenvalue weighted by Crippen LogP contribution is -2.64. The molecule has 0 bridgehead atoms. The molecule has 0 saturated carbocycles. The number of fused-ring (bicyclic) bond motifs is 1. The molecule has 0 spiro atoms. The van der Waals surface area contributed by atoms with Crippen LogP contribution in [0.5, 0.6) is 0 Å². The molecule has 1 aromatic carbocycles. The molecule has 0 N–H and O–H groups in total. The normalized spacial score (nSPS) is 33.9. The van der Waals surface area contributed by atoms with Crippen LogP contribution in [0, 0.1) is 5.92 Å². The van der Waals surface area contributed by atoms with Gasteiger partial charge in [-0.3, -0.25) is 0 Å². The van der Waals surface area contributed by atoms with Crippen molar-refractivity contribution in [1.82, 2.24) is 0 Å². The fourth-order valence-corrected chi connectivity index (χ4v) is 2.92. The Morgan fingerprint density at radius 3 is 2.64 bits per heavy atom. The van der Waals surface area contributed by atoms with Gasteiger partial charge in [0.2, 0.25) is 0 Å². The number of hydrogen-bond acceptors (Lipinski definition) is 5. The topological polar surface area (TPSA) is 54.0 Å². The van der Waals surface area contributed by atoms with Crippen LogP contribution in [0.1, 0.15) is 26.3 Å². The van der Waals surface area contributed by atoms with Gasteiger partial charge in [-0.25, -0.2) is 4.79 Å². The maximum Gasteiger partial charge on any atom is 0.340 e. The summed E-state index contributed by atoms with van der Waals surface area (Å²) < 4.78 is 22.9. The maximum absolute atomic E-state index is 12.3. The molecule has 2 aliphatic rings. The lowest BCUT2D eigenvalue weighted by molar-refractivity contribution is -0.338. The quantitative estimate of drug-likeness (QED) is 0.802. The molecule has 5 nitrogen and oxygen atoms in total. The minimum Gasteiger partial charge on any atom is -0.463 e. The summed E-state index contributed by atoms with van der Waals surface area (Å²) >= 11 is 0. The van der Waals surface area contributed by atoms with Gasteiger partial charge in [0.05, 0.1) is 19.8 Å². The molecule has 2 fully saturated rings. The van der Waals surface area contributed by atoms with Gasteiger partial charge in [-0.2, -0.15) is 0 Å². The number of ether oxygens (including phenoxy) is 4. The molecule has 2 saturated heterocycles. The Morgan fingerprint density at radius 1 is 1.18 bits per heavy atom. The zero-order valence-corrected chi connectivity index (χ0v) is 13.2. The first-order valence-corrected chi connectivity index (χ1v) is 7.58. The molecule has 5 heteroatoms. The van der Waals surface area contributed by atoms with Gasteiger partial charge in [0.25, 0.3) is 0 Å². The number of carbonyl (C=O) groups is 1. The molecule has 0 amide bonds. The molecule has 120 valence electrons. The number of hydrogen-bond donors (Lipinski definition) is 0. The first-order chi connectivity index (χ1) is 10.4. The van der Waals surface area contributed by atoms with Crippen molar-refractivity contribution in [1.29, 1.82) is 0 Å². The van der Waals surface area contributed by atoms with Gasteiger partial charge in [-0.05, 0) is 26.3 Å². The number of cyclic esters (lactones) is 1. The first kappa shape index (κ1) is 15.5. The Bertz CT molecular complexity index is 541. The Balaban J connectivity index is 1.79. The van der Waals surface area contributed by atoms with Crippen molar-refractivity contribution in [3.63, 3.8) is 0 Å². The van der Waals surface area contributed by atoms with Crippen molar-refractivity contribution in [3.8, 4) is 0 Å². The molecule has 0 radical (unpaired) electrons. The molecule has 22 heavy (non-hydrogen) atoms. The van der Waals surface area contributed by atoms with Crippen LogP contribution in [0.15, 0.2) is 30.3 Å². The average Bonchev–Trinajstić information content (AvgIpc) is 2.50. The van der Waals surface area contributed by atoms with E-state index in [1.54, 1.807) is 6.92 Å². The minimum atomic E-state index is -1.13. The van der Waals surface area contributed by atoms with E-state index >= 15 is 0 Å². The van der Waals surface area contributed by atoms with Crippen LogP contribution in [0.25, 0.3) is 0 Å². The highest BCUT2D eigenvalue weighted by Crippen LogP contribution is 2.38. The van der Waals surface area contributed by atoms with E-state index in [2.05, 4.69) is 0 Å². The number of esters is 1. The Labute approximate surface area is 130 Å². The van der Waals surface area contributed by atoms with Crippen LogP contribution in [-0.4, -0.2) is 36.7 Å². The third-order valence-corrected chi connectivity index (χ3v) is 4.24. The zero-order valence-electron chi connectivity index (χ0n) is 13.2. The molecular weight excluding hydrogens is 284 g/mol. The smallest absolute Gasteiger partial charge is 0.340 e. The molecular formula is C17H22O5. The van der Waals surface area contributed by atoms with Crippen LogP contribution >= 0.6 is 0 Å². The van der Waals surface area contributed by atoms with Crippen molar-refractivity contribution in [2.45, 2.75) is 44.9 Å². The monoisotopic (exact) mass is 306 g/mol. The molecule has 0 aliphatic carbocycles. The SMILES string of the molecule is CC1(C)OC[C@H]2COC(=O)[C@@](C)(OCc3ccccc3)[C@H]2O1. The van der Waals surface area contributed by atoms with E-state index in [1.807, 2.05) is 44.2 Å². The fourth-order valence-electron chi connectivity index (χ4n) is 2.92. The molecule has 0 aromatic heterocycles. The zero-order chi connectivity index (χ0) is 15.8. The summed E-state index contributed by atoms with van der Waals surface area (Å²) in [6, 6.07) is 9.75. The Hall–Kier alpha value is -1.43. The second-order valence-electron chi connectivity index (χ2n) is 6.49. The van der Waals surface area contributed by atoms with E-state index < -0.39 is 11.4 Å². The molecule has 2 aliphatic heterocycles.